The van der Waals surface area contributed by atoms with E-state index >= 15 is 0 Å². The molecule has 0 bridgehead atoms. The quantitative estimate of drug-likeness (QED) is 0.864. The zero-order valence-corrected chi connectivity index (χ0v) is 16.2. The summed E-state index contributed by atoms with van der Waals surface area (Å²) < 4.78 is 0. The van der Waals surface area contributed by atoms with E-state index in [2.05, 4.69) is 70.9 Å². The maximum absolute atomic E-state index is 5.07. The Morgan fingerprint density at radius 3 is 2.43 bits per heavy atom. The van der Waals surface area contributed by atoms with E-state index in [0.717, 1.165) is 5.75 Å². The van der Waals surface area contributed by atoms with Crippen molar-refractivity contribution in [3.05, 3.63) is 16.1 Å². The lowest BCUT2D eigenvalue weighted by atomic mass is 9.70. The molecule has 2 nitrogen and oxygen atoms in total. The molecule has 1 unspecified atom stereocenters. The minimum atomic E-state index is -0.00174. The largest absolute Gasteiger partial charge is 0.302 e. The molecular formula is C17H30N2S2. The van der Waals surface area contributed by atoms with Crippen molar-refractivity contribution in [2.75, 3.05) is 11.5 Å². The summed E-state index contributed by atoms with van der Waals surface area (Å²) >= 11 is 3.90. The standard InChI is InChI=1S/C17H30N2S2/c1-12(2)19-17(11-20-9-8-16(17,6)7)14-18-13(10-21-14)15(3,4)5/h10,12,19H,8-9,11H2,1-7H3. The van der Waals surface area contributed by atoms with Crippen molar-refractivity contribution in [2.24, 2.45) is 5.41 Å². The third-order valence-electron chi connectivity index (χ3n) is 4.52. The molecule has 1 aliphatic rings. The molecule has 21 heavy (non-hydrogen) atoms. The van der Waals surface area contributed by atoms with Gasteiger partial charge in [-0.05, 0) is 31.4 Å². The number of thiazole rings is 1. The van der Waals surface area contributed by atoms with Gasteiger partial charge in [-0.1, -0.05) is 34.6 Å². The molecule has 2 rings (SSSR count). The predicted molar refractivity (Wildman–Crippen MR) is 96.5 cm³/mol. The summed E-state index contributed by atoms with van der Waals surface area (Å²) in [5.41, 5.74) is 1.58. The van der Waals surface area contributed by atoms with Crippen LogP contribution in [0.3, 0.4) is 0 Å². The van der Waals surface area contributed by atoms with Crippen LogP contribution in [0.15, 0.2) is 5.38 Å². The van der Waals surface area contributed by atoms with E-state index in [9.17, 15) is 0 Å². The van der Waals surface area contributed by atoms with Gasteiger partial charge in [0.1, 0.15) is 5.01 Å². The summed E-state index contributed by atoms with van der Waals surface area (Å²) in [7, 11) is 0. The normalized spacial score (nSPS) is 26.3. The molecule has 0 radical (unpaired) electrons. The van der Waals surface area contributed by atoms with Crippen LogP contribution < -0.4 is 5.32 Å². The maximum atomic E-state index is 5.07. The molecule has 1 aromatic heterocycles. The molecule has 0 aliphatic carbocycles. The van der Waals surface area contributed by atoms with E-state index in [4.69, 9.17) is 4.98 Å². The third-order valence-corrected chi connectivity index (χ3v) is 6.65. The molecule has 1 aliphatic heterocycles. The number of hydrogen-bond acceptors (Lipinski definition) is 4. The Balaban J connectivity index is 2.47. The summed E-state index contributed by atoms with van der Waals surface area (Å²) in [5.74, 6) is 2.38. The highest BCUT2D eigenvalue weighted by atomic mass is 32.2. The molecule has 0 aromatic carbocycles. The van der Waals surface area contributed by atoms with Crippen LogP contribution in [0.1, 0.15) is 65.6 Å². The number of thioether (sulfide) groups is 1. The van der Waals surface area contributed by atoms with Crippen LogP contribution >= 0.6 is 23.1 Å². The minimum absolute atomic E-state index is 0.00174. The molecule has 1 aromatic rings. The summed E-state index contributed by atoms with van der Waals surface area (Å²) in [6.07, 6.45) is 1.24. The molecule has 1 saturated heterocycles. The average molecular weight is 327 g/mol. The molecule has 1 fully saturated rings. The zero-order chi connectivity index (χ0) is 15.9. The van der Waals surface area contributed by atoms with E-state index < -0.39 is 0 Å². The van der Waals surface area contributed by atoms with Gasteiger partial charge in [0, 0.05) is 22.6 Å². The van der Waals surface area contributed by atoms with Crippen LogP contribution in [0.5, 0.6) is 0 Å². The second kappa shape index (κ2) is 5.86. The van der Waals surface area contributed by atoms with E-state index in [1.165, 1.54) is 22.9 Å². The molecule has 0 spiro atoms. The highest BCUT2D eigenvalue weighted by Crippen LogP contribution is 2.50. The Labute approximate surface area is 138 Å². The molecular weight excluding hydrogens is 296 g/mol. The fraction of sp³-hybridized carbons (Fsp3) is 0.824. The molecule has 1 atom stereocenters. The second-order valence-electron chi connectivity index (χ2n) is 8.18. The summed E-state index contributed by atoms with van der Waals surface area (Å²) in [4.78, 5) is 5.07. The van der Waals surface area contributed by atoms with E-state index in [1.807, 2.05) is 11.3 Å². The molecule has 0 amide bonds. The Hall–Kier alpha value is -0.0600. The van der Waals surface area contributed by atoms with Gasteiger partial charge in [0.15, 0.2) is 0 Å². The van der Waals surface area contributed by atoms with Gasteiger partial charge >= 0.3 is 0 Å². The minimum Gasteiger partial charge on any atom is -0.302 e. The van der Waals surface area contributed by atoms with Gasteiger partial charge in [0.25, 0.3) is 0 Å². The van der Waals surface area contributed by atoms with Crippen molar-refractivity contribution in [1.29, 1.82) is 0 Å². The monoisotopic (exact) mass is 326 g/mol. The van der Waals surface area contributed by atoms with Gasteiger partial charge in [-0.3, -0.25) is 0 Å². The van der Waals surface area contributed by atoms with E-state index in [0.29, 0.717) is 6.04 Å². The second-order valence-corrected chi connectivity index (χ2v) is 10.1. The molecule has 4 heteroatoms. The lowest BCUT2D eigenvalue weighted by Gasteiger charge is -2.50. The predicted octanol–water partition coefficient (Wildman–Crippen LogP) is 4.80. The van der Waals surface area contributed by atoms with E-state index in [1.54, 1.807) is 0 Å². The van der Waals surface area contributed by atoms with Gasteiger partial charge in [0.05, 0.1) is 11.2 Å². The number of nitrogens with one attached hydrogen (secondary N) is 1. The van der Waals surface area contributed by atoms with Crippen molar-refractivity contribution in [1.82, 2.24) is 10.3 Å². The van der Waals surface area contributed by atoms with Crippen molar-refractivity contribution < 1.29 is 0 Å². The van der Waals surface area contributed by atoms with Crippen LogP contribution in [0.4, 0.5) is 0 Å². The van der Waals surface area contributed by atoms with Crippen LogP contribution in [0, 0.1) is 5.41 Å². The first kappa shape index (κ1) is 17.3. The lowest BCUT2D eigenvalue weighted by Crippen LogP contribution is -2.59. The number of hydrogen-bond donors (Lipinski definition) is 1. The summed E-state index contributed by atoms with van der Waals surface area (Å²) in [5, 5.41) is 7.43. The van der Waals surface area contributed by atoms with Crippen LogP contribution in [-0.4, -0.2) is 22.5 Å². The van der Waals surface area contributed by atoms with E-state index in [-0.39, 0.29) is 16.4 Å². The highest BCUT2D eigenvalue weighted by molar-refractivity contribution is 7.99. The zero-order valence-electron chi connectivity index (χ0n) is 14.5. The number of rotatable bonds is 3. The first-order chi connectivity index (χ1) is 9.58. The van der Waals surface area contributed by atoms with Crippen molar-refractivity contribution >= 4 is 23.1 Å². The van der Waals surface area contributed by atoms with Gasteiger partial charge in [-0.25, -0.2) is 4.98 Å². The van der Waals surface area contributed by atoms with Gasteiger partial charge in [0.2, 0.25) is 0 Å². The Morgan fingerprint density at radius 2 is 1.95 bits per heavy atom. The van der Waals surface area contributed by atoms with Crippen LogP contribution in [0.2, 0.25) is 0 Å². The van der Waals surface area contributed by atoms with Crippen LogP contribution in [-0.2, 0) is 11.0 Å². The number of nitrogens with zero attached hydrogens (tertiary/aromatic N) is 1. The fourth-order valence-corrected chi connectivity index (χ4v) is 6.11. The third kappa shape index (κ3) is 3.32. The Bertz CT molecular complexity index is 485. The Kier molecular flexibility index (Phi) is 4.83. The average Bonchev–Trinajstić information content (AvgIpc) is 2.80. The van der Waals surface area contributed by atoms with Crippen molar-refractivity contribution in [2.45, 2.75) is 71.9 Å². The molecule has 2 heterocycles. The molecule has 120 valence electrons. The maximum Gasteiger partial charge on any atom is 0.114 e. The summed E-state index contributed by atoms with van der Waals surface area (Å²) in [6.45, 7) is 16.0. The van der Waals surface area contributed by atoms with Gasteiger partial charge in [-0.15, -0.1) is 11.3 Å². The van der Waals surface area contributed by atoms with Crippen molar-refractivity contribution in [3.63, 3.8) is 0 Å². The molecule has 1 N–H and O–H groups in total. The lowest BCUT2D eigenvalue weighted by molar-refractivity contribution is 0.118. The topological polar surface area (TPSA) is 24.9 Å². The first-order valence-electron chi connectivity index (χ1n) is 7.90. The van der Waals surface area contributed by atoms with Crippen molar-refractivity contribution in [3.8, 4) is 0 Å². The summed E-state index contributed by atoms with van der Waals surface area (Å²) in [6, 6.07) is 0.463. The first-order valence-corrected chi connectivity index (χ1v) is 9.94. The fourth-order valence-electron chi connectivity index (χ4n) is 2.92. The highest BCUT2D eigenvalue weighted by Gasteiger charge is 2.50. The number of aromatic nitrogens is 1. The molecule has 0 saturated carbocycles. The Morgan fingerprint density at radius 1 is 1.29 bits per heavy atom. The SMILES string of the molecule is CC(C)NC1(c2nc(C(C)(C)C)cs2)CSCCC1(C)C. The van der Waals surface area contributed by atoms with Gasteiger partial charge in [-0.2, -0.15) is 11.8 Å². The van der Waals surface area contributed by atoms with Crippen LogP contribution in [0.25, 0.3) is 0 Å². The smallest absolute Gasteiger partial charge is 0.114 e. The van der Waals surface area contributed by atoms with Gasteiger partial charge < -0.3 is 5.32 Å².